The summed E-state index contributed by atoms with van der Waals surface area (Å²) in [4.78, 5) is 24.6. The molecule has 84 valence electrons. The van der Waals surface area contributed by atoms with E-state index < -0.39 is 11.5 Å². The molecule has 1 N–H and O–H groups in total. The second-order valence-corrected chi connectivity index (χ2v) is 4.88. The zero-order chi connectivity index (χ0) is 11.1. The normalized spacial score (nSPS) is 30.6. The molecule has 1 unspecified atom stereocenters. The fraction of sp³-hybridized carbons (Fsp3) is 0.818. The fourth-order valence-electron chi connectivity index (χ4n) is 2.26. The predicted molar refractivity (Wildman–Crippen MR) is 54.3 cm³/mol. The van der Waals surface area contributed by atoms with Crippen LogP contribution in [0.5, 0.6) is 0 Å². The highest BCUT2D eigenvalue weighted by molar-refractivity contribution is 5.87. The average molecular weight is 211 g/mol. The highest BCUT2D eigenvalue weighted by atomic mass is 16.4. The number of nitrogens with zero attached hydrogens (tertiary/aromatic N) is 1. The Morgan fingerprint density at radius 1 is 1.47 bits per heavy atom. The monoisotopic (exact) mass is 211 g/mol. The van der Waals surface area contributed by atoms with Crippen molar-refractivity contribution in [1.29, 1.82) is 0 Å². The van der Waals surface area contributed by atoms with Gasteiger partial charge in [0.25, 0.3) is 0 Å². The molecule has 2 aliphatic rings. The second-order valence-electron chi connectivity index (χ2n) is 4.88. The molecular formula is C11H17NO3. The van der Waals surface area contributed by atoms with Crippen LogP contribution in [0.3, 0.4) is 0 Å². The van der Waals surface area contributed by atoms with Crippen molar-refractivity contribution >= 4 is 11.9 Å². The standard InChI is InChI=1S/C11H17NO3/c1-11(10(14)15)5-2-6-12(11)9(13)7-8-3-4-8/h8H,2-7H2,1H3,(H,14,15). The van der Waals surface area contributed by atoms with E-state index in [1.807, 2.05) is 0 Å². The first-order chi connectivity index (χ1) is 7.04. The lowest BCUT2D eigenvalue weighted by Crippen LogP contribution is -2.50. The Kier molecular flexibility index (Phi) is 2.44. The quantitative estimate of drug-likeness (QED) is 0.764. The summed E-state index contributed by atoms with van der Waals surface area (Å²) in [7, 11) is 0. The first kappa shape index (κ1) is 10.5. The van der Waals surface area contributed by atoms with Crippen LogP contribution >= 0.6 is 0 Å². The van der Waals surface area contributed by atoms with Gasteiger partial charge in [-0.3, -0.25) is 4.79 Å². The van der Waals surface area contributed by atoms with Gasteiger partial charge in [-0.15, -0.1) is 0 Å². The lowest BCUT2D eigenvalue weighted by Gasteiger charge is -2.31. The molecule has 0 radical (unpaired) electrons. The molecule has 1 aliphatic heterocycles. The van der Waals surface area contributed by atoms with Crippen molar-refractivity contribution in [3.63, 3.8) is 0 Å². The number of likely N-dealkylation sites (tertiary alicyclic amines) is 1. The highest BCUT2D eigenvalue weighted by Crippen LogP contribution is 2.36. The molecule has 1 saturated carbocycles. The molecule has 2 rings (SSSR count). The zero-order valence-corrected chi connectivity index (χ0v) is 9.03. The van der Waals surface area contributed by atoms with E-state index in [0.717, 1.165) is 19.3 Å². The van der Waals surface area contributed by atoms with Crippen molar-refractivity contribution in [1.82, 2.24) is 4.90 Å². The zero-order valence-electron chi connectivity index (χ0n) is 9.03. The third-order valence-electron chi connectivity index (χ3n) is 3.56. The maximum absolute atomic E-state index is 11.9. The molecule has 15 heavy (non-hydrogen) atoms. The summed E-state index contributed by atoms with van der Waals surface area (Å²) >= 11 is 0. The number of carbonyl (C=O) groups is 2. The minimum absolute atomic E-state index is 0.0277. The van der Waals surface area contributed by atoms with Gasteiger partial charge in [-0.2, -0.15) is 0 Å². The van der Waals surface area contributed by atoms with E-state index in [2.05, 4.69) is 0 Å². The minimum atomic E-state index is -0.952. The predicted octanol–water partition coefficient (Wildman–Crippen LogP) is 1.25. The summed E-state index contributed by atoms with van der Waals surface area (Å²) in [5, 5.41) is 9.15. The molecule has 1 saturated heterocycles. The minimum Gasteiger partial charge on any atom is -0.480 e. The lowest BCUT2D eigenvalue weighted by molar-refractivity contribution is -0.155. The van der Waals surface area contributed by atoms with Gasteiger partial charge in [0.15, 0.2) is 0 Å². The van der Waals surface area contributed by atoms with E-state index in [-0.39, 0.29) is 5.91 Å². The molecule has 4 heteroatoms. The van der Waals surface area contributed by atoms with Crippen LogP contribution in [-0.4, -0.2) is 34.0 Å². The van der Waals surface area contributed by atoms with Gasteiger partial charge in [0.1, 0.15) is 5.54 Å². The van der Waals surface area contributed by atoms with Crippen molar-refractivity contribution in [3.8, 4) is 0 Å². The Morgan fingerprint density at radius 3 is 2.67 bits per heavy atom. The van der Waals surface area contributed by atoms with Crippen molar-refractivity contribution in [2.45, 2.75) is 44.6 Å². The maximum Gasteiger partial charge on any atom is 0.329 e. The van der Waals surface area contributed by atoms with Crippen molar-refractivity contribution in [2.75, 3.05) is 6.54 Å². The van der Waals surface area contributed by atoms with Crippen LogP contribution < -0.4 is 0 Å². The van der Waals surface area contributed by atoms with E-state index in [1.54, 1.807) is 11.8 Å². The Labute approximate surface area is 89.3 Å². The Morgan fingerprint density at radius 2 is 2.13 bits per heavy atom. The van der Waals surface area contributed by atoms with Crippen LogP contribution in [0, 0.1) is 5.92 Å². The lowest BCUT2D eigenvalue weighted by atomic mass is 9.99. The van der Waals surface area contributed by atoms with Gasteiger partial charge < -0.3 is 10.0 Å². The van der Waals surface area contributed by atoms with Crippen molar-refractivity contribution in [2.24, 2.45) is 5.92 Å². The summed E-state index contributed by atoms with van der Waals surface area (Å²) in [6.45, 7) is 2.27. The van der Waals surface area contributed by atoms with Crippen molar-refractivity contribution < 1.29 is 14.7 Å². The van der Waals surface area contributed by atoms with E-state index in [1.165, 1.54) is 0 Å². The highest BCUT2D eigenvalue weighted by Gasteiger charge is 2.46. The smallest absolute Gasteiger partial charge is 0.329 e. The molecule has 1 amide bonds. The van der Waals surface area contributed by atoms with E-state index in [0.29, 0.717) is 25.3 Å². The van der Waals surface area contributed by atoms with Crippen LogP contribution in [0.1, 0.15) is 39.0 Å². The molecule has 0 spiro atoms. The number of hydrogen-bond donors (Lipinski definition) is 1. The van der Waals surface area contributed by atoms with Crippen LogP contribution in [0.4, 0.5) is 0 Å². The van der Waals surface area contributed by atoms with Gasteiger partial charge in [0.05, 0.1) is 0 Å². The molecule has 0 aromatic rings. The number of carboxylic acid groups (broad SMARTS) is 1. The largest absolute Gasteiger partial charge is 0.480 e. The third-order valence-corrected chi connectivity index (χ3v) is 3.56. The number of hydrogen-bond acceptors (Lipinski definition) is 2. The summed E-state index contributed by atoms with van der Waals surface area (Å²) < 4.78 is 0. The molecular weight excluding hydrogens is 194 g/mol. The van der Waals surface area contributed by atoms with Gasteiger partial charge >= 0.3 is 5.97 Å². The number of carbonyl (C=O) groups excluding carboxylic acids is 1. The third kappa shape index (κ3) is 1.85. The molecule has 1 heterocycles. The summed E-state index contributed by atoms with van der Waals surface area (Å²) in [5.74, 6) is -0.319. The van der Waals surface area contributed by atoms with Crippen LogP contribution in [0.2, 0.25) is 0 Å². The molecule has 0 aromatic carbocycles. The summed E-state index contributed by atoms with van der Waals surface area (Å²) in [6.07, 6.45) is 4.19. The van der Waals surface area contributed by atoms with Gasteiger partial charge in [0.2, 0.25) is 5.91 Å². The molecule has 1 atom stereocenters. The molecule has 0 bridgehead atoms. The van der Waals surface area contributed by atoms with Crippen LogP contribution in [0.25, 0.3) is 0 Å². The van der Waals surface area contributed by atoms with Crippen LogP contribution in [-0.2, 0) is 9.59 Å². The van der Waals surface area contributed by atoms with Crippen LogP contribution in [0.15, 0.2) is 0 Å². The fourth-order valence-corrected chi connectivity index (χ4v) is 2.26. The van der Waals surface area contributed by atoms with Gasteiger partial charge in [0, 0.05) is 13.0 Å². The summed E-state index contributed by atoms with van der Waals surface area (Å²) in [6, 6.07) is 0. The SMILES string of the molecule is CC1(C(=O)O)CCCN1C(=O)CC1CC1. The number of rotatable bonds is 3. The number of amides is 1. The molecule has 4 nitrogen and oxygen atoms in total. The Hall–Kier alpha value is -1.06. The topological polar surface area (TPSA) is 57.6 Å². The molecule has 1 aliphatic carbocycles. The Bertz CT molecular complexity index is 298. The van der Waals surface area contributed by atoms with Gasteiger partial charge in [-0.1, -0.05) is 0 Å². The molecule has 2 fully saturated rings. The first-order valence-electron chi connectivity index (χ1n) is 5.58. The van der Waals surface area contributed by atoms with Gasteiger partial charge in [-0.25, -0.2) is 4.79 Å². The second kappa shape index (κ2) is 3.51. The Balaban J connectivity index is 2.05. The first-order valence-corrected chi connectivity index (χ1v) is 5.58. The summed E-state index contributed by atoms with van der Waals surface area (Å²) in [5.41, 5.74) is -0.952. The van der Waals surface area contributed by atoms with Crippen molar-refractivity contribution in [3.05, 3.63) is 0 Å². The van der Waals surface area contributed by atoms with Gasteiger partial charge in [-0.05, 0) is 38.5 Å². The number of carboxylic acids is 1. The average Bonchev–Trinajstić information content (AvgIpc) is 2.87. The maximum atomic E-state index is 11.9. The molecule has 0 aromatic heterocycles. The number of aliphatic carboxylic acids is 1. The van der Waals surface area contributed by atoms with E-state index in [9.17, 15) is 9.59 Å². The van der Waals surface area contributed by atoms with E-state index >= 15 is 0 Å². The van der Waals surface area contributed by atoms with E-state index in [4.69, 9.17) is 5.11 Å².